The molecule has 0 saturated carbocycles. The molecular weight excluding hydrogens is 268 g/mol. The standard InChI is InChI=1S/C16H24N2O3/c1-11-8-18(10-14(11)16(19)21-3)9-12-4-5-13(7-17)15(6-12)20-2/h4-6,11,14H,7-10,17H2,1-3H3. The maximum atomic E-state index is 11.7. The summed E-state index contributed by atoms with van der Waals surface area (Å²) in [4.78, 5) is 14.0. The highest BCUT2D eigenvalue weighted by molar-refractivity contribution is 5.73. The molecule has 0 radical (unpaired) electrons. The van der Waals surface area contributed by atoms with Crippen molar-refractivity contribution in [2.24, 2.45) is 17.6 Å². The first-order valence-corrected chi connectivity index (χ1v) is 7.25. The quantitative estimate of drug-likeness (QED) is 0.831. The number of ether oxygens (including phenoxy) is 2. The highest BCUT2D eigenvalue weighted by Crippen LogP contribution is 2.27. The number of hydrogen-bond acceptors (Lipinski definition) is 5. The molecule has 2 atom stereocenters. The van der Waals surface area contributed by atoms with Crippen LogP contribution in [-0.2, 0) is 22.6 Å². The zero-order chi connectivity index (χ0) is 15.4. The third-order valence-electron chi connectivity index (χ3n) is 4.17. The van der Waals surface area contributed by atoms with Gasteiger partial charge in [-0.05, 0) is 17.5 Å². The SMILES string of the molecule is COC(=O)C1CN(Cc2ccc(CN)c(OC)c2)CC1C. The second kappa shape index (κ2) is 6.91. The Morgan fingerprint density at radius 2 is 2.14 bits per heavy atom. The summed E-state index contributed by atoms with van der Waals surface area (Å²) in [5, 5.41) is 0. The largest absolute Gasteiger partial charge is 0.496 e. The number of nitrogens with zero attached hydrogens (tertiary/aromatic N) is 1. The van der Waals surface area contributed by atoms with Gasteiger partial charge in [0.2, 0.25) is 0 Å². The second-order valence-corrected chi connectivity index (χ2v) is 5.65. The minimum Gasteiger partial charge on any atom is -0.496 e. The van der Waals surface area contributed by atoms with Gasteiger partial charge in [-0.1, -0.05) is 19.1 Å². The Bertz CT molecular complexity index is 504. The Hall–Kier alpha value is -1.59. The van der Waals surface area contributed by atoms with E-state index < -0.39 is 0 Å². The zero-order valence-corrected chi connectivity index (χ0v) is 13.0. The maximum Gasteiger partial charge on any atom is 0.310 e. The molecule has 5 heteroatoms. The van der Waals surface area contributed by atoms with Crippen LogP contribution in [0.3, 0.4) is 0 Å². The molecule has 21 heavy (non-hydrogen) atoms. The van der Waals surface area contributed by atoms with Gasteiger partial charge in [-0.25, -0.2) is 0 Å². The van der Waals surface area contributed by atoms with E-state index in [9.17, 15) is 4.79 Å². The lowest BCUT2D eigenvalue weighted by molar-refractivity contribution is -0.146. The summed E-state index contributed by atoms with van der Waals surface area (Å²) in [5.41, 5.74) is 7.85. The predicted molar refractivity (Wildman–Crippen MR) is 80.8 cm³/mol. The van der Waals surface area contributed by atoms with E-state index in [-0.39, 0.29) is 11.9 Å². The van der Waals surface area contributed by atoms with Gasteiger partial charge in [-0.2, -0.15) is 0 Å². The minimum atomic E-state index is -0.110. The van der Waals surface area contributed by atoms with Crippen molar-refractivity contribution in [1.29, 1.82) is 0 Å². The van der Waals surface area contributed by atoms with Gasteiger partial charge >= 0.3 is 5.97 Å². The Labute approximate surface area is 126 Å². The average Bonchev–Trinajstić information content (AvgIpc) is 2.86. The molecular formula is C16H24N2O3. The summed E-state index contributed by atoms with van der Waals surface area (Å²) in [6.45, 7) is 5.02. The molecule has 1 aliphatic heterocycles. The molecule has 5 nitrogen and oxygen atoms in total. The third-order valence-corrected chi connectivity index (χ3v) is 4.17. The number of carbonyl (C=O) groups is 1. The molecule has 0 aromatic heterocycles. The summed E-state index contributed by atoms with van der Waals surface area (Å²) in [5.74, 6) is 1.01. The van der Waals surface area contributed by atoms with E-state index in [0.717, 1.165) is 30.9 Å². The third kappa shape index (κ3) is 3.54. The monoisotopic (exact) mass is 292 g/mol. The van der Waals surface area contributed by atoms with Gasteiger partial charge in [0.05, 0.1) is 20.1 Å². The minimum absolute atomic E-state index is 0.0276. The van der Waals surface area contributed by atoms with Crippen molar-refractivity contribution in [2.45, 2.75) is 20.0 Å². The average molecular weight is 292 g/mol. The fourth-order valence-electron chi connectivity index (χ4n) is 2.97. The molecule has 116 valence electrons. The summed E-state index contributed by atoms with van der Waals surface area (Å²) in [6.07, 6.45) is 0. The first-order valence-electron chi connectivity index (χ1n) is 7.25. The van der Waals surface area contributed by atoms with Crippen molar-refractivity contribution in [3.8, 4) is 5.75 Å². The number of rotatable bonds is 5. The number of methoxy groups -OCH3 is 2. The summed E-state index contributed by atoms with van der Waals surface area (Å²) in [6, 6.07) is 6.10. The second-order valence-electron chi connectivity index (χ2n) is 5.65. The molecule has 2 rings (SSSR count). The van der Waals surface area contributed by atoms with Crippen molar-refractivity contribution >= 4 is 5.97 Å². The number of hydrogen-bond donors (Lipinski definition) is 1. The van der Waals surface area contributed by atoms with Crippen molar-refractivity contribution in [2.75, 3.05) is 27.3 Å². The number of carbonyl (C=O) groups excluding carboxylic acids is 1. The van der Waals surface area contributed by atoms with Crippen molar-refractivity contribution in [3.63, 3.8) is 0 Å². The van der Waals surface area contributed by atoms with Gasteiger partial charge < -0.3 is 15.2 Å². The number of nitrogens with two attached hydrogens (primary N) is 1. The van der Waals surface area contributed by atoms with Crippen LogP contribution in [0.1, 0.15) is 18.1 Å². The Morgan fingerprint density at radius 3 is 2.76 bits per heavy atom. The van der Waals surface area contributed by atoms with Crippen LogP contribution in [0.5, 0.6) is 5.75 Å². The molecule has 0 bridgehead atoms. The van der Waals surface area contributed by atoms with Gasteiger partial charge in [0.15, 0.2) is 0 Å². The highest BCUT2D eigenvalue weighted by atomic mass is 16.5. The molecule has 0 aliphatic carbocycles. The fourth-order valence-corrected chi connectivity index (χ4v) is 2.97. The smallest absolute Gasteiger partial charge is 0.310 e. The molecule has 1 saturated heterocycles. The van der Waals surface area contributed by atoms with Gasteiger partial charge in [-0.15, -0.1) is 0 Å². The van der Waals surface area contributed by atoms with Gasteiger partial charge in [0, 0.05) is 31.7 Å². The lowest BCUT2D eigenvalue weighted by atomic mass is 9.99. The molecule has 1 fully saturated rings. The predicted octanol–water partition coefficient (Wildman–Crippen LogP) is 1.39. The summed E-state index contributed by atoms with van der Waals surface area (Å²) in [7, 11) is 3.11. The van der Waals surface area contributed by atoms with E-state index in [0.29, 0.717) is 12.5 Å². The Balaban J connectivity index is 2.04. The molecule has 1 aromatic rings. The summed E-state index contributed by atoms with van der Waals surface area (Å²) >= 11 is 0. The fraction of sp³-hybridized carbons (Fsp3) is 0.562. The van der Waals surface area contributed by atoms with Crippen LogP contribution >= 0.6 is 0 Å². The normalized spacial score (nSPS) is 22.3. The van der Waals surface area contributed by atoms with E-state index >= 15 is 0 Å². The molecule has 2 unspecified atom stereocenters. The molecule has 2 N–H and O–H groups in total. The van der Waals surface area contributed by atoms with Crippen molar-refractivity contribution in [3.05, 3.63) is 29.3 Å². The van der Waals surface area contributed by atoms with Crippen molar-refractivity contribution in [1.82, 2.24) is 4.90 Å². The molecule has 1 heterocycles. The zero-order valence-electron chi connectivity index (χ0n) is 13.0. The van der Waals surface area contributed by atoms with E-state index in [2.05, 4.69) is 17.9 Å². The molecule has 1 aliphatic rings. The van der Waals surface area contributed by atoms with Crippen LogP contribution in [0, 0.1) is 11.8 Å². The Morgan fingerprint density at radius 1 is 1.38 bits per heavy atom. The lowest BCUT2D eigenvalue weighted by Gasteiger charge is -2.17. The lowest BCUT2D eigenvalue weighted by Crippen LogP contribution is -2.24. The topological polar surface area (TPSA) is 64.8 Å². The van der Waals surface area contributed by atoms with Crippen LogP contribution in [-0.4, -0.2) is 38.2 Å². The Kier molecular flexibility index (Phi) is 5.20. The summed E-state index contributed by atoms with van der Waals surface area (Å²) < 4.78 is 10.2. The molecule has 0 amide bonds. The highest BCUT2D eigenvalue weighted by Gasteiger charge is 2.35. The number of benzene rings is 1. The van der Waals surface area contributed by atoms with Crippen LogP contribution in [0.25, 0.3) is 0 Å². The van der Waals surface area contributed by atoms with Crippen LogP contribution < -0.4 is 10.5 Å². The van der Waals surface area contributed by atoms with Crippen LogP contribution in [0.4, 0.5) is 0 Å². The number of esters is 1. The van der Waals surface area contributed by atoms with E-state index in [1.807, 2.05) is 12.1 Å². The van der Waals surface area contributed by atoms with Crippen LogP contribution in [0.2, 0.25) is 0 Å². The van der Waals surface area contributed by atoms with E-state index in [4.69, 9.17) is 15.2 Å². The van der Waals surface area contributed by atoms with Gasteiger partial charge in [-0.3, -0.25) is 9.69 Å². The van der Waals surface area contributed by atoms with E-state index in [1.54, 1.807) is 7.11 Å². The number of likely N-dealkylation sites (tertiary alicyclic amines) is 1. The first-order chi connectivity index (χ1) is 10.1. The van der Waals surface area contributed by atoms with Gasteiger partial charge in [0.25, 0.3) is 0 Å². The molecule has 1 aromatic carbocycles. The van der Waals surface area contributed by atoms with Crippen molar-refractivity contribution < 1.29 is 14.3 Å². The molecule has 0 spiro atoms. The van der Waals surface area contributed by atoms with Crippen LogP contribution in [0.15, 0.2) is 18.2 Å². The van der Waals surface area contributed by atoms with E-state index in [1.165, 1.54) is 12.7 Å². The van der Waals surface area contributed by atoms with Gasteiger partial charge in [0.1, 0.15) is 5.75 Å². The first kappa shape index (κ1) is 15.8. The maximum absolute atomic E-state index is 11.7.